The lowest BCUT2D eigenvalue weighted by Crippen LogP contribution is -2.46. The molecule has 1 atom stereocenters. The van der Waals surface area contributed by atoms with Crippen LogP contribution in [0.1, 0.15) is 38.7 Å². The van der Waals surface area contributed by atoms with Crippen LogP contribution in [-0.4, -0.2) is 36.5 Å². The topological polar surface area (TPSA) is 32.3 Å². The standard InChI is InChI=1S/C18H26N2O/c1-14(2)16-13-20(12-6-11-19-16)17(21)18(9-10-18)15-7-4-3-5-8-15/h3-5,7-8,14,16,19H,6,9-13H2,1-2H3. The van der Waals surface area contributed by atoms with Gasteiger partial charge in [-0.25, -0.2) is 0 Å². The number of amides is 1. The molecule has 1 N–H and O–H groups in total. The minimum atomic E-state index is -0.215. The minimum Gasteiger partial charge on any atom is -0.340 e. The van der Waals surface area contributed by atoms with Crippen molar-refractivity contribution in [3.05, 3.63) is 35.9 Å². The number of nitrogens with zero attached hydrogens (tertiary/aromatic N) is 1. The highest BCUT2D eigenvalue weighted by molar-refractivity contribution is 5.91. The number of nitrogens with one attached hydrogen (secondary N) is 1. The number of hydrogen-bond acceptors (Lipinski definition) is 2. The Balaban J connectivity index is 1.78. The van der Waals surface area contributed by atoms with Gasteiger partial charge in [-0.05, 0) is 37.3 Å². The van der Waals surface area contributed by atoms with Crippen LogP contribution in [0.15, 0.2) is 30.3 Å². The van der Waals surface area contributed by atoms with Gasteiger partial charge >= 0.3 is 0 Å². The van der Waals surface area contributed by atoms with Gasteiger partial charge in [-0.1, -0.05) is 44.2 Å². The fourth-order valence-corrected chi connectivity index (χ4v) is 3.39. The van der Waals surface area contributed by atoms with Crippen molar-refractivity contribution in [3.8, 4) is 0 Å². The predicted molar refractivity (Wildman–Crippen MR) is 85.2 cm³/mol. The van der Waals surface area contributed by atoms with E-state index in [0.29, 0.717) is 17.9 Å². The molecule has 1 aliphatic heterocycles. The first-order valence-electron chi connectivity index (χ1n) is 8.22. The van der Waals surface area contributed by atoms with Gasteiger partial charge in [0.15, 0.2) is 0 Å². The summed E-state index contributed by atoms with van der Waals surface area (Å²) < 4.78 is 0. The molecule has 2 aliphatic rings. The monoisotopic (exact) mass is 286 g/mol. The molecule has 1 saturated heterocycles. The highest BCUT2D eigenvalue weighted by atomic mass is 16.2. The van der Waals surface area contributed by atoms with E-state index >= 15 is 0 Å². The molecular weight excluding hydrogens is 260 g/mol. The number of hydrogen-bond donors (Lipinski definition) is 1. The van der Waals surface area contributed by atoms with Gasteiger partial charge in [-0.3, -0.25) is 4.79 Å². The lowest BCUT2D eigenvalue weighted by Gasteiger charge is -2.30. The summed E-state index contributed by atoms with van der Waals surface area (Å²) in [6.45, 7) is 7.23. The molecule has 1 aromatic carbocycles. The van der Waals surface area contributed by atoms with Crippen LogP contribution in [0.2, 0.25) is 0 Å². The molecule has 1 amide bonds. The second-order valence-electron chi connectivity index (χ2n) is 6.86. The first-order chi connectivity index (χ1) is 10.1. The van der Waals surface area contributed by atoms with Crippen LogP contribution in [0.25, 0.3) is 0 Å². The molecule has 114 valence electrons. The first kappa shape index (κ1) is 14.6. The Morgan fingerprint density at radius 1 is 1.29 bits per heavy atom. The second-order valence-corrected chi connectivity index (χ2v) is 6.86. The van der Waals surface area contributed by atoms with Gasteiger partial charge in [-0.15, -0.1) is 0 Å². The molecule has 1 aromatic rings. The normalized spacial score (nSPS) is 24.7. The molecule has 0 spiro atoms. The van der Waals surface area contributed by atoms with E-state index in [2.05, 4.69) is 36.2 Å². The Morgan fingerprint density at radius 2 is 2.00 bits per heavy atom. The summed E-state index contributed by atoms with van der Waals surface area (Å²) in [6.07, 6.45) is 3.07. The van der Waals surface area contributed by atoms with E-state index in [-0.39, 0.29) is 5.41 Å². The smallest absolute Gasteiger partial charge is 0.233 e. The Labute approximate surface area is 127 Å². The zero-order valence-electron chi connectivity index (χ0n) is 13.1. The van der Waals surface area contributed by atoms with Crippen molar-refractivity contribution in [3.63, 3.8) is 0 Å². The first-order valence-corrected chi connectivity index (χ1v) is 8.22. The number of benzene rings is 1. The molecule has 1 saturated carbocycles. The highest BCUT2D eigenvalue weighted by Gasteiger charge is 2.53. The van der Waals surface area contributed by atoms with Crippen LogP contribution in [0, 0.1) is 5.92 Å². The SMILES string of the molecule is CC(C)C1CN(C(=O)C2(c3ccccc3)CC2)CCCN1. The van der Waals surface area contributed by atoms with Crippen LogP contribution in [0.5, 0.6) is 0 Å². The average Bonchev–Trinajstić information content (AvgIpc) is 3.32. The Bertz CT molecular complexity index is 493. The third-order valence-corrected chi connectivity index (χ3v) is 5.01. The van der Waals surface area contributed by atoms with Crippen molar-refractivity contribution in [2.24, 2.45) is 5.92 Å². The molecule has 3 rings (SSSR count). The van der Waals surface area contributed by atoms with Crippen LogP contribution in [0.4, 0.5) is 0 Å². The molecular formula is C18H26N2O. The maximum Gasteiger partial charge on any atom is 0.233 e. The van der Waals surface area contributed by atoms with E-state index in [4.69, 9.17) is 0 Å². The fourth-order valence-electron chi connectivity index (χ4n) is 3.39. The van der Waals surface area contributed by atoms with Gasteiger partial charge in [0.05, 0.1) is 5.41 Å². The van der Waals surface area contributed by atoms with E-state index in [1.807, 2.05) is 18.2 Å². The zero-order valence-corrected chi connectivity index (χ0v) is 13.1. The van der Waals surface area contributed by atoms with E-state index in [0.717, 1.165) is 38.9 Å². The maximum absolute atomic E-state index is 13.1. The summed E-state index contributed by atoms with van der Waals surface area (Å²) in [5.41, 5.74) is 0.987. The van der Waals surface area contributed by atoms with Crippen molar-refractivity contribution in [1.82, 2.24) is 10.2 Å². The van der Waals surface area contributed by atoms with Gasteiger partial charge < -0.3 is 10.2 Å². The Morgan fingerprint density at radius 3 is 2.62 bits per heavy atom. The molecule has 0 bridgehead atoms. The number of carbonyl (C=O) groups excluding carboxylic acids is 1. The lowest BCUT2D eigenvalue weighted by atomic mass is 9.93. The van der Waals surface area contributed by atoms with Crippen LogP contribution in [0.3, 0.4) is 0 Å². The van der Waals surface area contributed by atoms with Crippen molar-refractivity contribution >= 4 is 5.91 Å². The predicted octanol–water partition coefficient (Wildman–Crippen LogP) is 2.56. The molecule has 0 radical (unpaired) electrons. The largest absolute Gasteiger partial charge is 0.340 e. The van der Waals surface area contributed by atoms with E-state index in [9.17, 15) is 4.79 Å². The fraction of sp³-hybridized carbons (Fsp3) is 0.611. The van der Waals surface area contributed by atoms with Crippen molar-refractivity contribution < 1.29 is 4.79 Å². The molecule has 3 heteroatoms. The summed E-state index contributed by atoms with van der Waals surface area (Å²) in [6, 6.07) is 10.8. The van der Waals surface area contributed by atoms with Gasteiger partial charge in [-0.2, -0.15) is 0 Å². The third kappa shape index (κ3) is 2.84. The highest BCUT2D eigenvalue weighted by Crippen LogP contribution is 2.49. The summed E-state index contributed by atoms with van der Waals surface area (Å²) in [5, 5.41) is 3.58. The van der Waals surface area contributed by atoms with Crippen molar-refractivity contribution in [2.45, 2.75) is 44.6 Å². The maximum atomic E-state index is 13.1. The average molecular weight is 286 g/mol. The van der Waals surface area contributed by atoms with Crippen molar-refractivity contribution in [1.29, 1.82) is 0 Å². The summed E-state index contributed by atoms with van der Waals surface area (Å²) in [4.78, 5) is 15.2. The third-order valence-electron chi connectivity index (χ3n) is 5.01. The Hall–Kier alpha value is -1.35. The summed E-state index contributed by atoms with van der Waals surface area (Å²) >= 11 is 0. The van der Waals surface area contributed by atoms with Gasteiger partial charge in [0.1, 0.15) is 0 Å². The van der Waals surface area contributed by atoms with E-state index < -0.39 is 0 Å². The molecule has 1 aliphatic carbocycles. The molecule has 3 nitrogen and oxygen atoms in total. The number of carbonyl (C=O) groups is 1. The van der Waals surface area contributed by atoms with Gasteiger partial charge in [0.25, 0.3) is 0 Å². The van der Waals surface area contributed by atoms with E-state index in [1.165, 1.54) is 5.56 Å². The van der Waals surface area contributed by atoms with Crippen LogP contribution < -0.4 is 5.32 Å². The molecule has 1 unspecified atom stereocenters. The van der Waals surface area contributed by atoms with E-state index in [1.54, 1.807) is 0 Å². The quantitative estimate of drug-likeness (QED) is 0.926. The van der Waals surface area contributed by atoms with Crippen LogP contribution in [-0.2, 0) is 10.2 Å². The number of rotatable bonds is 3. The van der Waals surface area contributed by atoms with Gasteiger partial charge in [0, 0.05) is 19.1 Å². The molecule has 0 aromatic heterocycles. The van der Waals surface area contributed by atoms with Crippen LogP contribution >= 0.6 is 0 Å². The summed E-state index contributed by atoms with van der Waals surface area (Å²) in [5.74, 6) is 0.910. The molecule has 2 fully saturated rings. The summed E-state index contributed by atoms with van der Waals surface area (Å²) in [7, 11) is 0. The second kappa shape index (κ2) is 5.80. The van der Waals surface area contributed by atoms with Crippen molar-refractivity contribution in [2.75, 3.05) is 19.6 Å². The van der Waals surface area contributed by atoms with Gasteiger partial charge in [0.2, 0.25) is 5.91 Å². The minimum absolute atomic E-state index is 0.215. The lowest BCUT2D eigenvalue weighted by molar-refractivity contribution is -0.134. The molecule has 21 heavy (non-hydrogen) atoms. The molecule has 1 heterocycles. The zero-order chi connectivity index (χ0) is 14.9. The Kier molecular flexibility index (Phi) is 4.03.